The number of ether oxygens (including phenoxy) is 2. The van der Waals surface area contributed by atoms with Crippen LogP contribution in [0.25, 0.3) is 10.6 Å². The van der Waals surface area contributed by atoms with Gasteiger partial charge < -0.3 is 14.4 Å². The van der Waals surface area contributed by atoms with Crippen molar-refractivity contribution in [1.82, 2.24) is 9.88 Å². The van der Waals surface area contributed by atoms with Crippen molar-refractivity contribution in [1.29, 1.82) is 0 Å². The lowest BCUT2D eigenvalue weighted by molar-refractivity contribution is 0.247. The largest absolute Gasteiger partial charge is 0.497 e. The van der Waals surface area contributed by atoms with Gasteiger partial charge in [0.2, 0.25) is 0 Å². The summed E-state index contributed by atoms with van der Waals surface area (Å²) in [6, 6.07) is 16.4. The predicted octanol–water partition coefficient (Wildman–Crippen LogP) is 4.15. The van der Waals surface area contributed by atoms with Crippen LogP contribution in [0.5, 0.6) is 11.5 Å². The number of rotatable bonds is 6. The van der Waals surface area contributed by atoms with Gasteiger partial charge in [0.15, 0.2) is 0 Å². The van der Waals surface area contributed by atoms with Gasteiger partial charge in [0, 0.05) is 49.4 Å². The van der Waals surface area contributed by atoms with Crippen molar-refractivity contribution >= 4 is 17.0 Å². The van der Waals surface area contributed by atoms with Gasteiger partial charge in [-0.25, -0.2) is 4.98 Å². The smallest absolute Gasteiger partial charge is 0.123 e. The lowest BCUT2D eigenvalue weighted by atomic mass is 10.2. The SMILES string of the molecule is COc1ccc(N2CCN(Cc3csc(-c4cccc(OC)c4)n3)CC2)cc1. The standard InChI is InChI=1S/C22H25N3O2S/c1-26-20-8-6-19(7-9-20)25-12-10-24(11-13-25)15-18-16-28-22(23-18)17-4-3-5-21(14-17)27-2/h3-9,14,16H,10-13,15H2,1-2H3. The van der Waals surface area contributed by atoms with Gasteiger partial charge in [0.1, 0.15) is 16.5 Å². The first-order chi connectivity index (χ1) is 13.7. The molecule has 1 saturated heterocycles. The Labute approximate surface area is 170 Å². The maximum absolute atomic E-state index is 5.32. The van der Waals surface area contributed by atoms with Crippen molar-refractivity contribution in [2.24, 2.45) is 0 Å². The van der Waals surface area contributed by atoms with Crippen LogP contribution < -0.4 is 14.4 Å². The van der Waals surface area contributed by atoms with Crippen molar-refractivity contribution in [3.05, 3.63) is 59.6 Å². The Morgan fingerprint density at radius 3 is 2.39 bits per heavy atom. The number of benzene rings is 2. The first-order valence-corrected chi connectivity index (χ1v) is 10.3. The molecule has 28 heavy (non-hydrogen) atoms. The second-order valence-corrected chi connectivity index (χ2v) is 7.70. The van der Waals surface area contributed by atoms with E-state index in [0.29, 0.717) is 0 Å². The summed E-state index contributed by atoms with van der Waals surface area (Å²) in [6.07, 6.45) is 0. The van der Waals surface area contributed by atoms with E-state index in [1.54, 1.807) is 25.6 Å². The molecule has 6 heteroatoms. The van der Waals surface area contributed by atoms with Gasteiger partial charge >= 0.3 is 0 Å². The number of methoxy groups -OCH3 is 2. The monoisotopic (exact) mass is 395 g/mol. The number of anilines is 1. The molecule has 0 bridgehead atoms. The highest BCUT2D eigenvalue weighted by atomic mass is 32.1. The predicted molar refractivity (Wildman–Crippen MR) is 115 cm³/mol. The minimum Gasteiger partial charge on any atom is -0.497 e. The summed E-state index contributed by atoms with van der Waals surface area (Å²) in [5.41, 5.74) is 3.51. The first-order valence-electron chi connectivity index (χ1n) is 9.45. The summed E-state index contributed by atoms with van der Waals surface area (Å²) < 4.78 is 10.6. The fraction of sp³-hybridized carbons (Fsp3) is 0.318. The molecule has 1 aromatic heterocycles. The molecule has 146 valence electrons. The summed E-state index contributed by atoms with van der Waals surface area (Å²) in [7, 11) is 3.39. The lowest BCUT2D eigenvalue weighted by Crippen LogP contribution is -2.46. The van der Waals surface area contributed by atoms with Crippen LogP contribution in [-0.2, 0) is 6.54 Å². The van der Waals surface area contributed by atoms with Crippen molar-refractivity contribution < 1.29 is 9.47 Å². The molecule has 5 nitrogen and oxygen atoms in total. The van der Waals surface area contributed by atoms with Gasteiger partial charge in [-0.1, -0.05) is 12.1 Å². The maximum Gasteiger partial charge on any atom is 0.123 e. The molecule has 2 aromatic carbocycles. The topological polar surface area (TPSA) is 37.8 Å². The zero-order valence-corrected chi connectivity index (χ0v) is 17.1. The van der Waals surface area contributed by atoms with Crippen molar-refractivity contribution in [2.45, 2.75) is 6.54 Å². The van der Waals surface area contributed by atoms with E-state index in [-0.39, 0.29) is 0 Å². The molecule has 1 fully saturated rings. The molecular formula is C22H25N3O2S. The summed E-state index contributed by atoms with van der Waals surface area (Å²) in [5.74, 6) is 1.77. The third-order valence-electron chi connectivity index (χ3n) is 5.06. The van der Waals surface area contributed by atoms with E-state index in [9.17, 15) is 0 Å². The zero-order valence-electron chi connectivity index (χ0n) is 16.3. The van der Waals surface area contributed by atoms with Gasteiger partial charge in [-0.05, 0) is 36.4 Å². The fourth-order valence-corrected chi connectivity index (χ4v) is 4.26. The van der Waals surface area contributed by atoms with Crippen molar-refractivity contribution in [3.8, 4) is 22.1 Å². The minimum atomic E-state index is 0.865. The van der Waals surface area contributed by atoms with E-state index >= 15 is 0 Å². The highest BCUT2D eigenvalue weighted by molar-refractivity contribution is 7.13. The normalized spacial score (nSPS) is 14.9. The second-order valence-electron chi connectivity index (χ2n) is 6.84. The van der Waals surface area contributed by atoms with Gasteiger partial charge in [-0.3, -0.25) is 4.90 Å². The maximum atomic E-state index is 5.32. The number of hydrogen-bond acceptors (Lipinski definition) is 6. The molecule has 0 N–H and O–H groups in total. The summed E-state index contributed by atoms with van der Waals surface area (Å²) in [6.45, 7) is 5.03. The highest BCUT2D eigenvalue weighted by Crippen LogP contribution is 2.27. The molecule has 0 amide bonds. The van der Waals surface area contributed by atoms with Crippen LogP contribution in [0.2, 0.25) is 0 Å². The van der Waals surface area contributed by atoms with Crippen molar-refractivity contribution in [3.63, 3.8) is 0 Å². The van der Waals surface area contributed by atoms with E-state index < -0.39 is 0 Å². The quantitative estimate of drug-likeness (QED) is 0.627. The molecule has 0 saturated carbocycles. The van der Waals surface area contributed by atoms with Crippen molar-refractivity contribution in [2.75, 3.05) is 45.3 Å². The average Bonchev–Trinajstić information content (AvgIpc) is 3.23. The fourth-order valence-electron chi connectivity index (χ4n) is 3.45. The van der Waals surface area contributed by atoms with Crippen LogP contribution >= 0.6 is 11.3 Å². The Balaban J connectivity index is 1.34. The van der Waals surface area contributed by atoms with Crippen LogP contribution in [0.15, 0.2) is 53.9 Å². The molecule has 2 heterocycles. The molecule has 1 aliphatic heterocycles. The van der Waals surface area contributed by atoms with Crippen LogP contribution in [-0.4, -0.2) is 50.3 Å². The lowest BCUT2D eigenvalue weighted by Gasteiger charge is -2.35. The van der Waals surface area contributed by atoms with E-state index in [1.165, 1.54) is 5.69 Å². The average molecular weight is 396 g/mol. The van der Waals surface area contributed by atoms with E-state index in [0.717, 1.165) is 60.5 Å². The third kappa shape index (κ3) is 4.29. The van der Waals surface area contributed by atoms with Gasteiger partial charge in [0.25, 0.3) is 0 Å². The Hall–Kier alpha value is -2.57. The molecule has 3 aromatic rings. The number of hydrogen-bond donors (Lipinski definition) is 0. The molecule has 1 aliphatic rings. The molecule has 0 radical (unpaired) electrons. The first kappa shape index (κ1) is 18.8. The Morgan fingerprint density at radius 1 is 0.929 bits per heavy atom. The van der Waals surface area contributed by atoms with Gasteiger partial charge in [-0.15, -0.1) is 11.3 Å². The van der Waals surface area contributed by atoms with Crippen LogP contribution in [0.4, 0.5) is 5.69 Å². The molecular weight excluding hydrogens is 370 g/mol. The molecule has 0 atom stereocenters. The summed E-state index contributed by atoms with van der Waals surface area (Å²) in [4.78, 5) is 9.75. The number of nitrogens with zero attached hydrogens (tertiary/aromatic N) is 3. The molecule has 0 spiro atoms. The summed E-state index contributed by atoms with van der Waals surface area (Å²) in [5, 5.41) is 3.22. The molecule has 0 unspecified atom stereocenters. The number of piperazine rings is 1. The third-order valence-corrected chi connectivity index (χ3v) is 6.00. The number of aromatic nitrogens is 1. The minimum absolute atomic E-state index is 0.865. The van der Waals surface area contributed by atoms with E-state index in [4.69, 9.17) is 14.5 Å². The van der Waals surface area contributed by atoms with Gasteiger partial charge in [-0.2, -0.15) is 0 Å². The Kier molecular flexibility index (Phi) is 5.78. The highest BCUT2D eigenvalue weighted by Gasteiger charge is 2.18. The Morgan fingerprint density at radius 2 is 1.68 bits per heavy atom. The second kappa shape index (κ2) is 8.63. The van der Waals surface area contributed by atoms with Crippen LogP contribution in [0.3, 0.4) is 0 Å². The summed E-state index contributed by atoms with van der Waals surface area (Å²) >= 11 is 1.70. The van der Waals surface area contributed by atoms with E-state index in [1.807, 2.05) is 30.3 Å². The molecule has 4 rings (SSSR count). The number of thiazole rings is 1. The molecule has 0 aliphatic carbocycles. The Bertz CT molecular complexity index is 902. The van der Waals surface area contributed by atoms with Crippen LogP contribution in [0, 0.1) is 0 Å². The van der Waals surface area contributed by atoms with Gasteiger partial charge in [0.05, 0.1) is 19.9 Å². The zero-order chi connectivity index (χ0) is 19.3. The van der Waals surface area contributed by atoms with Crippen LogP contribution in [0.1, 0.15) is 5.69 Å². The van der Waals surface area contributed by atoms with E-state index in [2.05, 4.69) is 33.4 Å².